The van der Waals surface area contributed by atoms with Gasteiger partial charge in [0.15, 0.2) is 0 Å². The lowest BCUT2D eigenvalue weighted by Crippen LogP contribution is -2.00. The standard InChI is InChI=1S/C12H12FNO/c13-7-3-9-15-12-11-5-2-1-4-10(11)6-8-14-12/h1-2,4-6,8H,3,7,9H2. The molecule has 0 N–H and O–H groups in total. The molecule has 0 fully saturated rings. The molecule has 2 aromatic rings. The Morgan fingerprint density at radius 2 is 2.07 bits per heavy atom. The number of fused-ring (bicyclic) bond motifs is 1. The number of hydrogen-bond donors (Lipinski definition) is 0. The molecule has 1 aromatic heterocycles. The van der Waals surface area contributed by atoms with E-state index in [1.807, 2.05) is 30.3 Å². The van der Waals surface area contributed by atoms with Gasteiger partial charge >= 0.3 is 0 Å². The Hall–Kier alpha value is -1.64. The van der Waals surface area contributed by atoms with E-state index >= 15 is 0 Å². The van der Waals surface area contributed by atoms with E-state index in [0.717, 1.165) is 10.8 Å². The second kappa shape index (κ2) is 4.73. The van der Waals surface area contributed by atoms with Gasteiger partial charge in [-0.05, 0) is 17.5 Å². The molecule has 2 nitrogen and oxygen atoms in total. The van der Waals surface area contributed by atoms with Gasteiger partial charge < -0.3 is 4.74 Å². The molecule has 0 saturated carbocycles. The summed E-state index contributed by atoms with van der Waals surface area (Å²) in [5.74, 6) is 0.585. The van der Waals surface area contributed by atoms with Crippen molar-refractivity contribution in [3.05, 3.63) is 36.5 Å². The number of hydrogen-bond acceptors (Lipinski definition) is 2. The number of pyridine rings is 1. The van der Waals surface area contributed by atoms with E-state index in [0.29, 0.717) is 18.9 Å². The fourth-order valence-corrected chi connectivity index (χ4v) is 1.43. The fourth-order valence-electron chi connectivity index (χ4n) is 1.43. The lowest BCUT2D eigenvalue weighted by atomic mass is 10.2. The first-order chi connectivity index (χ1) is 7.42. The van der Waals surface area contributed by atoms with Crippen molar-refractivity contribution in [3.63, 3.8) is 0 Å². The molecule has 0 spiro atoms. The van der Waals surface area contributed by atoms with E-state index in [4.69, 9.17) is 4.74 Å². The van der Waals surface area contributed by atoms with Gasteiger partial charge in [-0.25, -0.2) is 4.98 Å². The molecule has 0 atom stereocenters. The molecule has 1 aromatic carbocycles. The highest BCUT2D eigenvalue weighted by Gasteiger charge is 2.01. The second-order valence-corrected chi connectivity index (χ2v) is 3.23. The van der Waals surface area contributed by atoms with Crippen molar-refractivity contribution >= 4 is 10.8 Å². The van der Waals surface area contributed by atoms with E-state index in [-0.39, 0.29) is 6.67 Å². The minimum atomic E-state index is -0.356. The summed E-state index contributed by atoms with van der Waals surface area (Å²) in [5.41, 5.74) is 0. The van der Waals surface area contributed by atoms with Crippen LogP contribution in [0.5, 0.6) is 5.88 Å². The van der Waals surface area contributed by atoms with E-state index in [9.17, 15) is 4.39 Å². The van der Waals surface area contributed by atoms with Crippen molar-refractivity contribution in [2.75, 3.05) is 13.3 Å². The van der Waals surface area contributed by atoms with Crippen molar-refractivity contribution in [2.45, 2.75) is 6.42 Å². The highest BCUT2D eigenvalue weighted by molar-refractivity contribution is 5.86. The molecule has 0 radical (unpaired) electrons. The average Bonchev–Trinajstić information content (AvgIpc) is 2.30. The van der Waals surface area contributed by atoms with Crippen LogP contribution in [0.3, 0.4) is 0 Å². The maximum absolute atomic E-state index is 11.9. The number of halogens is 1. The highest BCUT2D eigenvalue weighted by atomic mass is 19.1. The summed E-state index contributed by atoms with van der Waals surface area (Å²) >= 11 is 0. The van der Waals surface area contributed by atoms with Gasteiger partial charge in [-0.15, -0.1) is 0 Å². The Balaban J connectivity index is 2.26. The summed E-state index contributed by atoms with van der Waals surface area (Å²) in [6, 6.07) is 9.78. The van der Waals surface area contributed by atoms with E-state index in [2.05, 4.69) is 4.98 Å². The number of ether oxygens (including phenoxy) is 1. The third-order valence-corrected chi connectivity index (χ3v) is 2.15. The van der Waals surface area contributed by atoms with Gasteiger partial charge in [-0.1, -0.05) is 18.2 Å². The van der Waals surface area contributed by atoms with Crippen LogP contribution in [0.15, 0.2) is 36.5 Å². The normalized spacial score (nSPS) is 10.5. The molecule has 0 unspecified atom stereocenters. The van der Waals surface area contributed by atoms with Crippen LogP contribution in [0.4, 0.5) is 4.39 Å². The molecule has 0 saturated heterocycles. The maximum Gasteiger partial charge on any atom is 0.221 e. The van der Waals surface area contributed by atoms with Crippen molar-refractivity contribution in [1.29, 1.82) is 0 Å². The van der Waals surface area contributed by atoms with Crippen molar-refractivity contribution in [2.24, 2.45) is 0 Å². The minimum absolute atomic E-state index is 0.356. The van der Waals surface area contributed by atoms with Crippen molar-refractivity contribution < 1.29 is 9.13 Å². The molecular formula is C12H12FNO. The highest BCUT2D eigenvalue weighted by Crippen LogP contribution is 2.22. The molecule has 1 heterocycles. The van der Waals surface area contributed by atoms with Crippen LogP contribution in [0.2, 0.25) is 0 Å². The number of benzene rings is 1. The Labute approximate surface area is 87.7 Å². The predicted molar refractivity (Wildman–Crippen MR) is 57.8 cm³/mol. The summed E-state index contributed by atoms with van der Waals surface area (Å²) in [6.07, 6.45) is 2.11. The summed E-state index contributed by atoms with van der Waals surface area (Å²) in [5, 5.41) is 2.06. The molecule has 2 rings (SSSR count). The number of nitrogens with zero attached hydrogens (tertiary/aromatic N) is 1. The van der Waals surface area contributed by atoms with Crippen LogP contribution in [-0.2, 0) is 0 Å². The monoisotopic (exact) mass is 205 g/mol. The summed E-state index contributed by atoms with van der Waals surface area (Å²) in [6.45, 7) is 0.0161. The Kier molecular flexibility index (Phi) is 3.12. The third-order valence-electron chi connectivity index (χ3n) is 2.15. The summed E-state index contributed by atoms with van der Waals surface area (Å²) in [7, 11) is 0. The van der Waals surface area contributed by atoms with Crippen molar-refractivity contribution in [1.82, 2.24) is 4.98 Å². The number of alkyl halides is 1. The molecule has 0 aliphatic carbocycles. The van der Waals surface area contributed by atoms with Gasteiger partial charge in [0.05, 0.1) is 13.3 Å². The zero-order chi connectivity index (χ0) is 10.5. The first-order valence-corrected chi connectivity index (χ1v) is 4.94. The molecule has 0 amide bonds. The molecule has 3 heteroatoms. The largest absolute Gasteiger partial charge is 0.477 e. The zero-order valence-corrected chi connectivity index (χ0v) is 8.32. The fraction of sp³-hybridized carbons (Fsp3) is 0.250. The van der Waals surface area contributed by atoms with Crippen molar-refractivity contribution in [3.8, 4) is 5.88 Å². The zero-order valence-electron chi connectivity index (χ0n) is 8.32. The molecule has 0 aliphatic heterocycles. The van der Waals surface area contributed by atoms with Gasteiger partial charge in [0.1, 0.15) is 0 Å². The van der Waals surface area contributed by atoms with E-state index < -0.39 is 0 Å². The van der Waals surface area contributed by atoms with Crippen LogP contribution in [0.1, 0.15) is 6.42 Å². The Morgan fingerprint density at radius 1 is 1.20 bits per heavy atom. The van der Waals surface area contributed by atoms with Gasteiger partial charge in [0, 0.05) is 18.0 Å². The van der Waals surface area contributed by atoms with Crippen LogP contribution >= 0.6 is 0 Å². The Bertz CT molecular complexity index is 439. The molecule has 78 valence electrons. The molecular weight excluding hydrogens is 193 g/mol. The molecule has 0 bridgehead atoms. The summed E-state index contributed by atoms with van der Waals surface area (Å²) < 4.78 is 17.3. The van der Waals surface area contributed by atoms with Crippen LogP contribution < -0.4 is 4.74 Å². The van der Waals surface area contributed by atoms with Gasteiger partial charge in [-0.2, -0.15) is 0 Å². The van der Waals surface area contributed by atoms with Crippen LogP contribution in [-0.4, -0.2) is 18.3 Å². The SMILES string of the molecule is FCCCOc1nccc2ccccc12. The topological polar surface area (TPSA) is 22.1 Å². The van der Waals surface area contributed by atoms with Crippen LogP contribution in [0, 0.1) is 0 Å². The number of aromatic nitrogens is 1. The molecule has 0 aliphatic rings. The third kappa shape index (κ3) is 2.24. The number of rotatable bonds is 4. The lowest BCUT2D eigenvalue weighted by Gasteiger charge is -2.06. The maximum atomic E-state index is 11.9. The Morgan fingerprint density at radius 3 is 2.93 bits per heavy atom. The van der Waals surface area contributed by atoms with Gasteiger partial charge in [0.25, 0.3) is 0 Å². The first-order valence-electron chi connectivity index (χ1n) is 4.94. The minimum Gasteiger partial charge on any atom is -0.477 e. The van der Waals surface area contributed by atoms with Crippen LogP contribution in [0.25, 0.3) is 10.8 Å². The lowest BCUT2D eigenvalue weighted by molar-refractivity contribution is 0.283. The smallest absolute Gasteiger partial charge is 0.221 e. The summed E-state index contributed by atoms with van der Waals surface area (Å²) in [4.78, 5) is 4.13. The second-order valence-electron chi connectivity index (χ2n) is 3.23. The first kappa shape index (κ1) is 9.90. The quantitative estimate of drug-likeness (QED) is 0.716. The van der Waals surface area contributed by atoms with E-state index in [1.165, 1.54) is 0 Å². The molecule has 15 heavy (non-hydrogen) atoms. The van der Waals surface area contributed by atoms with E-state index in [1.54, 1.807) is 6.20 Å². The average molecular weight is 205 g/mol. The van der Waals surface area contributed by atoms with Gasteiger partial charge in [-0.3, -0.25) is 4.39 Å². The predicted octanol–water partition coefficient (Wildman–Crippen LogP) is 2.97. The van der Waals surface area contributed by atoms with Gasteiger partial charge in [0.2, 0.25) is 5.88 Å².